The number of ketones is 1. The summed E-state index contributed by atoms with van der Waals surface area (Å²) >= 11 is 0. The van der Waals surface area contributed by atoms with E-state index in [0.29, 0.717) is 17.6 Å². The second kappa shape index (κ2) is 4.59. The number of carbonyl (C=O) groups is 1. The molecule has 1 fully saturated rings. The fourth-order valence-electron chi connectivity index (χ4n) is 2.44. The minimum Gasteiger partial charge on any atom is -0.295 e. The van der Waals surface area contributed by atoms with Crippen molar-refractivity contribution in [3.8, 4) is 0 Å². The first-order valence-corrected chi connectivity index (χ1v) is 5.37. The van der Waals surface area contributed by atoms with Crippen LogP contribution in [0.15, 0.2) is 23.8 Å². The molecule has 2 atom stereocenters. The van der Waals surface area contributed by atoms with Gasteiger partial charge < -0.3 is 0 Å². The third kappa shape index (κ3) is 2.34. The summed E-state index contributed by atoms with van der Waals surface area (Å²) in [7, 11) is 0. The molecule has 1 nitrogen and oxygen atoms in total. The van der Waals surface area contributed by atoms with Crippen molar-refractivity contribution in [3.63, 3.8) is 0 Å². The topological polar surface area (TPSA) is 17.1 Å². The molecule has 0 amide bonds. The predicted octanol–water partition coefficient (Wildman–Crippen LogP) is 3.51. The highest BCUT2D eigenvalue weighted by atomic mass is 16.1. The van der Waals surface area contributed by atoms with Crippen LogP contribution in [-0.4, -0.2) is 5.78 Å². The van der Waals surface area contributed by atoms with Crippen molar-refractivity contribution in [2.24, 2.45) is 11.8 Å². The normalized spacial score (nSPS) is 27.6. The zero-order chi connectivity index (χ0) is 10.7. The van der Waals surface area contributed by atoms with E-state index in [4.69, 9.17) is 0 Å². The van der Waals surface area contributed by atoms with Crippen molar-refractivity contribution in [1.82, 2.24) is 0 Å². The molecule has 0 N–H and O–H groups in total. The van der Waals surface area contributed by atoms with E-state index >= 15 is 0 Å². The van der Waals surface area contributed by atoms with Gasteiger partial charge in [0.25, 0.3) is 0 Å². The Hall–Kier alpha value is -0.850. The highest BCUT2D eigenvalue weighted by molar-refractivity contribution is 5.97. The maximum atomic E-state index is 11.8. The Balaban J connectivity index is 2.92. The lowest BCUT2D eigenvalue weighted by molar-refractivity contribution is -0.118. The molecule has 0 saturated heterocycles. The Morgan fingerprint density at radius 1 is 1.57 bits per heavy atom. The Morgan fingerprint density at radius 3 is 2.71 bits per heavy atom. The monoisotopic (exact) mass is 192 g/mol. The van der Waals surface area contributed by atoms with E-state index in [1.165, 1.54) is 5.57 Å². The Morgan fingerprint density at radius 2 is 2.21 bits per heavy atom. The van der Waals surface area contributed by atoms with Crippen LogP contribution < -0.4 is 0 Å². The molecule has 1 heteroatoms. The van der Waals surface area contributed by atoms with Crippen molar-refractivity contribution in [3.05, 3.63) is 23.8 Å². The number of rotatable bonds is 2. The molecule has 1 aliphatic carbocycles. The van der Waals surface area contributed by atoms with Crippen LogP contribution in [0.4, 0.5) is 0 Å². The molecular weight excluding hydrogens is 172 g/mol. The minimum atomic E-state index is 0.357. The molecule has 0 heterocycles. The lowest BCUT2D eigenvalue weighted by atomic mass is 9.75. The van der Waals surface area contributed by atoms with E-state index in [2.05, 4.69) is 13.5 Å². The zero-order valence-corrected chi connectivity index (χ0v) is 9.47. The molecular formula is C13H20O. The van der Waals surface area contributed by atoms with Crippen LogP contribution >= 0.6 is 0 Å². The van der Waals surface area contributed by atoms with Gasteiger partial charge in [-0.2, -0.15) is 0 Å². The number of hydrogen-bond donors (Lipinski definition) is 0. The molecule has 14 heavy (non-hydrogen) atoms. The van der Waals surface area contributed by atoms with Gasteiger partial charge in [-0.05, 0) is 44.1 Å². The molecule has 1 rings (SSSR count). The lowest BCUT2D eigenvalue weighted by Crippen LogP contribution is -2.25. The van der Waals surface area contributed by atoms with E-state index in [1.807, 2.05) is 19.9 Å². The van der Waals surface area contributed by atoms with Gasteiger partial charge in [-0.25, -0.2) is 0 Å². The smallest absolute Gasteiger partial charge is 0.159 e. The first-order chi connectivity index (χ1) is 6.56. The molecule has 78 valence electrons. The van der Waals surface area contributed by atoms with Crippen LogP contribution in [0.3, 0.4) is 0 Å². The van der Waals surface area contributed by atoms with Crippen molar-refractivity contribution in [2.45, 2.75) is 40.0 Å². The van der Waals surface area contributed by atoms with Crippen LogP contribution in [0.5, 0.6) is 0 Å². The second-order valence-corrected chi connectivity index (χ2v) is 4.60. The molecule has 0 aromatic heterocycles. The average Bonchev–Trinajstić information content (AvgIpc) is 2.01. The third-order valence-corrected chi connectivity index (χ3v) is 2.92. The first-order valence-electron chi connectivity index (χ1n) is 5.37. The zero-order valence-electron chi connectivity index (χ0n) is 9.47. The molecule has 1 saturated carbocycles. The van der Waals surface area contributed by atoms with Crippen molar-refractivity contribution in [1.29, 1.82) is 0 Å². The van der Waals surface area contributed by atoms with Gasteiger partial charge in [-0.1, -0.05) is 18.6 Å². The fraction of sp³-hybridized carbons (Fsp3) is 0.615. The second-order valence-electron chi connectivity index (χ2n) is 4.60. The quantitative estimate of drug-likeness (QED) is 0.483. The maximum Gasteiger partial charge on any atom is 0.159 e. The van der Waals surface area contributed by atoms with Crippen LogP contribution in [0.25, 0.3) is 0 Å². The van der Waals surface area contributed by atoms with Gasteiger partial charge >= 0.3 is 0 Å². The summed E-state index contributed by atoms with van der Waals surface area (Å²) in [6.45, 7) is 10.0. The molecule has 0 aromatic rings. The summed E-state index contributed by atoms with van der Waals surface area (Å²) in [6, 6.07) is 0. The van der Waals surface area contributed by atoms with Gasteiger partial charge in [-0.15, -0.1) is 6.58 Å². The van der Waals surface area contributed by atoms with Crippen LogP contribution in [0.1, 0.15) is 40.0 Å². The number of Topliss-reactive ketones (excluding diaryl/α,β-unsaturated/α-hetero) is 1. The van der Waals surface area contributed by atoms with Gasteiger partial charge in [0, 0.05) is 6.42 Å². The number of carbonyl (C=O) groups excluding carboxylic acids is 1. The minimum absolute atomic E-state index is 0.357. The molecule has 0 bridgehead atoms. The standard InChI is InChI=1S/C13H20O/c1-5-6-11-7-10(4)8-12(14)13(11)9(2)3/h5,10-11H,1,6-8H2,2-4H3/t10-,11?/m1/s1. The first kappa shape index (κ1) is 11.2. The number of hydrogen-bond acceptors (Lipinski definition) is 1. The van der Waals surface area contributed by atoms with E-state index < -0.39 is 0 Å². The van der Waals surface area contributed by atoms with Crippen LogP contribution in [0, 0.1) is 11.8 Å². The van der Waals surface area contributed by atoms with E-state index in [0.717, 1.165) is 24.8 Å². The van der Waals surface area contributed by atoms with Gasteiger partial charge in [0.2, 0.25) is 0 Å². The molecule has 0 aromatic carbocycles. The summed E-state index contributed by atoms with van der Waals surface area (Å²) in [5, 5.41) is 0. The highest BCUT2D eigenvalue weighted by Gasteiger charge is 2.29. The lowest BCUT2D eigenvalue weighted by Gasteiger charge is -2.29. The molecule has 0 aliphatic heterocycles. The van der Waals surface area contributed by atoms with Gasteiger partial charge in [0.05, 0.1) is 0 Å². The summed E-state index contributed by atoms with van der Waals surface area (Å²) in [6.07, 6.45) is 4.74. The SMILES string of the molecule is C=CCC1C[C@@H](C)CC(=O)C1=C(C)C. The fourth-order valence-corrected chi connectivity index (χ4v) is 2.44. The summed E-state index contributed by atoms with van der Waals surface area (Å²) < 4.78 is 0. The van der Waals surface area contributed by atoms with Gasteiger partial charge in [0.1, 0.15) is 0 Å². The molecule has 1 aliphatic rings. The van der Waals surface area contributed by atoms with Crippen molar-refractivity contribution < 1.29 is 4.79 Å². The Bertz CT molecular complexity index is 269. The predicted molar refractivity (Wildman–Crippen MR) is 60.1 cm³/mol. The molecule has 0 spiro atoms. The number of allylic oxidation sites excluding steroid dienone is 3. The van der Waals surface area contributed by atoms with Gasteiger partial charge in [0.15, 0.2) is 5.78 Å². The van der Waals surface area contributed by atoms with E-state index in [1.54, 1.807) is 0 Å². The largest absolute Gasteiger partial charge is 0.295 e. The third-order valence-electron chi connectivity index (χ3n) is 2.92. The Kier molecular flexibility index (Phi) is 3.68. The van der Waals surface area contributed by atoms with Crippen LogP contribution in [0.2, 0.25) is 0 Å². The van der Waals surface area contributed by atoms with Crippen molar-refractivity contribution >= 4 is 5.78 Å². The van der Waals surface area contributed by atoms with Crippen molar-refractivity contribution in [2.75, 3.05) is 0 Å². The average molecular weight is 192 g/mol. The van der Waals surface area contributed by atoms with Crippen LogP contribution in [-0.2, 0) is 4.79 Å². The maximum absolute atomic E-state index is 11.8. The Labute approximate surface area is 86.9 Å². The van der Waals surface area contributed by atoms with E-state index in [9.17, 15) is 4.79 Å². The van der Waals surface area contributed by atoms with Gasteiger partial charge in [-0.3, -0.25) is 4.79 Å². The highest BCUT2D eigenvalue weighted by Crippen LogP contribution is 2.34. The summed E-state index contributed by atoms with van der Waals surface area (Å²) in [5.74, 6) is 1.32. The van der Waals surface area contributed by atoms with E-state index in [-0.39, 0.29) is 0 Å². The molecule has 0 radical (unpaired) electrons. The summed E-state index contributed by atoms with van der Waals surface area (Å²) in [5.41, 5.74) is 2.26. The molecule has 1 unspecified atom stereocenters. The summed E-state index contributed by atoms with van der Waals surface area (Å²) in [4.78, 5) is 11.8.